The minimum absolute atomic E-state index is 0.156. The van der Waals surface area contributed by atoms with Crippen molar-refractivity contribution in [3.05, 3.63) is 53.8 Å². The molecule has 1 heteroatoms. The molecule has 0 spiro atoms. The molecule has 0 fully saturated rings. The van der Waals surface area contributed by atoms with Crippen molar-refractivity contribution in [2.45, 2.75) is 32.2 Å². The molecule has 1 atom stereocenters. The lowest BCUT2D eigenvalue weighted by molar-refractivity contribution is 0.617. The monoisotopic (exact) mass is 201 g/mol. The summed E-state index contributed by atoms with van der Waals surface area (Å²) in [4.78, 5) is 0. The molecule has 2 N–H and O–H groups in total. The Bertz CT molecular complexity index is 331. The van der Waals surface area contributed by atoms with Gasteiger partial charge in [-0.25, -0.2) is 0 Å². The summed E-state index contributed by atoms with van der Waals surface area (Å²) in [6, 6.07) is 8.61. The zero-order valence-electron chi connectivity index (χ0n) is 9.37. The first kappa shape index (κ1) is 11.8. The molecular weight excluding hydrogens is 182 g/mol. The summed E-state index contributed by atoms with van der Waals surface area (Å²) in [5.41, 5.74) is 11.4. The summed E-state index contributed by atoms with van der Waals surface area (Å²) in [6.07, 6.45) is 5.09. The van der Waals surface area contributed by atoms with Gasteiger partial charge in [0.05, 0.1) is 0 Å². The first-order valence-electron chi connectivity index (χ1n) is 5.40. The summed E-state index contributed by atoms with van der Waals surface area (Å²) in [5.74, 6) is 0. The molecular formula is C14H19N. The minimum atomic E-state index is 0.156. The Labute approximate surface area is 92.3 Å². The maximum absolute atomic E-state index is 6.08. The molecule has 80 valence electrons. The average molecular weight is 201 g/mol. The lowest BCUT2D eigenvalue weighted by Gasteiger charge is -2.11. The van der Waals surface area contributed by atoms with Crippen LogP contribution in [0.2, 0.25) is 0 Å². The Hall–Kier alpha value is -1.30. The van der Waals surface area contributed by atoms with Crippen molar-refractivity contribution in [3.63, 3.8) is 0 Å². The van der Waals surface area contributed by atoms with Crippen LogP contribution >= 0.6 is 0 Å². The van der Waals surface area contributed by atoms with Crippen LogP contribution in [0.5, 0.6) is 0 Å². The van der Waals surface area contributed by atoms with Crippen LogP contribution in [0.4, 0.5) is 0 Å². The number of allylic oxidation sites excluding steroid dienone is 1. The molecule has 15 heavy (non-hydrogen) atoms. The van der Waals surface area contributed by atoms with Gasteiger partial charge in [-0.2, -0.15) is 0 Å². The van der Waals surface area contributed by atoms with Crippen molar-refractivity contribution >= 4 is 0 Å². The number of rotatable bonds is 5. The van der Waals surface area contributed by atoms with Gasteiger partial charge in [-0.15, -0.1) is 5.73 Å². The van der Waals surface area contributed by atoms with Crippen LogP contribution in [0, 0.1) is 6.92 Å². The van der Waals surface area contributed by atoms with Gasteiger partial charge in [0.15, 0.2) is 0 Å². The van der Waals surface area contributed by atoms with Gasteiger partial charge < -0.3 is 5.73 Å². The van der Waals surface area contributed by atoms with E-state index in [2.05, 4.69) is 43.5 Å². The van der Waals surface area contributed by atoms with Gasteiger partial charge >= 0.3 is 0 Å². The van der Waals surface area contributed by atoms with Crippen molar-refractivity contribution in [1.29, 1.82) is 0 Å². The van der Waals surface area contributed by atoms with E-state index in [1.165, 1.54) is 11.1 Å². The van der Waals surface area contributed by atoms with Gasteiger partial charge in [0.25, 0.3) is 0 Å². The van der Waals surface area contributed by atoms with Crippen LogP contribution in [0.1, 0.15) is 36.4 Å². The van der Waals surface area contributed by atoms with E-state index in [0.29, 0.717) is 0 Å². The zero-order chi connectivity index (χ0) is 11.1. The van der Waals surface area contributed by atoms with E-state index in [9.17, 15) is 0 Å². The molecule has 0 aromatic heterocycles. The predicted octanol–water partition coefficient (Wildman–Crippen LogP) is 3.51. The zero-order valence-corrected chi connectivity index (χ0v) is 9.37. The molecule has 1 unspecified atom stereocenters. The van der Waals surface area contributed by atoms with Gasteiger partial charge in [-0.05, 0) is 37.8 Å². The van der Waals surface area contributed by atoms with Crippen molar-refractivity contribution in [1.82, 2.24) is 0 Å². The quantitative estimate of drug-likeness (QED) is 0.572. The summed E-state index contributed by atoms with van der Waals surface area (Å²) in [6.45, 7) is 5.62. The van der Waals surface area contributed by atoms with Crippen LogP contribution in [0.3, 0.4) is 0 Å². The highest BCUT2D eigenvalue weighted by molar-refractivity contribution is 5.23. The third-order valence-electron chi connectivity index (χ3n) is 2.51. The minimum Gasteiger partial charge on any atom is -0.324 e. The van der Waals surface area contributed by atoms with Crippen molar-refractivity contribution in [2.24, 2.45) is 5.73 Å². The van der Waals surface area contributed by atoms with E-state index in [4.69, 9.17) is 5.73 Å². The SMILES string of the molecule is C=C=CCCCC(N)c1ccc(C)cc1. The topological polar surface area (TPSA) is 26.0 Å². The van der Waals surface area contributed by atoms with Crippen LogP contribution < -0.4 is 5.73 Å². The lowest BCUT2D eigenvalue weighted by Crippen LogP contribution is -2.09. The molecule has 1 aromatic carbocycles. The van der Waals surface area contributed by atoms with Crippen LogP contribution in [0.15, 0.2) is 42.7 Å². The molecule has 1 nitrogen and oxygen atoms in total. The number of nitrogens with two attached hydrogens (primary N) is 1. The second kappa shape index (κ2) is 6.23. The van der Waals surface area contributed by atoms with E-state index >= 15 is 0 Å². The number of unbranched alkanes of at least 4 members (excludes halogenated alkanes) is 1. The third-order valence-corrected chi connectivity index (χ3v) is 2.51. The second-order valence-electron chi connectivity index (χ2n) is 3.86. The molecule has 1 aromatic rings. The highest BCUT2D eigenvalue weighted by Crippen LogP contribution is 2.17. The van der Waals surface area contributed by atoms with E-state index in [0.717, 1.165) is 19.3 Å². The number of aryl methyl sites for hydroxylation is 1. The standard InChI is InChI=1S/C14H19N/c1-3-4-5-6-7-14(15)13-10-8-12(2)9-11-13/h4,8-11,14H,1,5-7,15H2,2H3. The molecule has 0 heterocycles. The highest BCUT2D eigenvalue weighted by atomic mass is 14.6. The van der Waals surface area contributed by atoms with E-state index in [1.807, 2.05) is 6.08 Å². The Morgan fingerprint density at radius 2 is 2.07 bits per heavy atom. The van der Waals surface area contributed by atoms with Crippen LogP contribution in [-0.2, 0) is 0 Å². The van der Waals surface area contributed by atoms with Crippen LogP contribution in [-0.4, -0.2) is 0 Å². The number of hydrogen-bond donors (Lipinski definition) is 1. The smallest absolute Gasteiger partial charge is 0.0294 e. The van der Waals surface area contributed by atoms with E-state index in [1.54, 1.807) is 0 Å². The fourth-order valence-electron chi connectivity index (χ4n) is 1.52. The highest BCUT2D eigenvalue weighted by Gasteiger charge is 2.04. The third kappa shape index (κ3) is 4.16. The Balaban J connectivity index is 2.42. The van der Waals surface area contributed by atoms with Crippen molar-refractivity contribution < 1.29 is 0 Å². The van der Waals surface area contributed by atoms with E-state index in [-0.39, 0.29) is 6.04 Å². The normalized spacial score (nSPS) is 11.9. The van der Waals surface area contributed by atoms with Gasteiger partial charge in [0, 0.05) is 6.04 Å². The Morgan fingerprint density at radius 1 is 1.40 bits per heavy atom. The van der Waals surface area contributed by atoms with Crippen molar-refractivity contribution in [2.75, 3.05) is 0 Å². The molecule has 1 rings (SSSR count). The average Bonchev–Trinajstić information content (AvgIpc) is 2.25. The Morgan fingerprint density at radius 3 is 2.67 bits per heavy atom. The molecule has 0 aliphatic heterocycles. The lowest BCUT2D eigenvalue weighted by atomic mass is 10.0. The predicted molar refractivity (Wildman–Crippen MR) is 65.7 cm³/mol. The molecule has 0 radical (unpaired) electrons. The maximum atomic E-state index is 6.08. The Kier molecular flexibility index (Phi) is 4.89. The van der Waals surface area contributed by atoms with Crippen LogP contribution in [0.25, 0.3) is 0 Å². The summed E-state index contributed by atoms with van der Waals surface area (Å²) >= 11 is 0. The van der Waals surface area contributed by atoms with Gasteiger partial charge in [0.2, 0.25) is 0 Å². The summed E-state index contributed by atoms with van der Waals surface area (Å²) in [7, 11) is 0. The molecule has 0 saturated carbocycles. The molecule has 0 aliphatic carbocycles. The van der Waals surface area contributed by atoms with Crippen molar-refractivity contribution in [3.8, 4) is 0 Å². The molecule has 0 aliphatic rings. The fourth-order valence-corrected chi connectivity index (χ4v) is 1.52. The first-order chi connectivity index (χ1) is 7.24. The molecule has 0 saturated heterocycles. The largest absolute Gasteiger partial charge is 0.324 e. The van der Waals surface area contributed by atoms with Gasteiger partial charge in [0.1, 0.15) is 0 Å². The summed E-state index contributed by atoms with van der Waals surface area (Å²) in [5, 5.41) is 0. The number of benzene rings is 1. The molecule has 0 amide bonds. The summed E-state index contributed by atoms with van der Waals surface area (Å²) < 4.78 is 0. The van der Waals surface area contributed by atoms with Gasteiger partial charge in [-0.3, -0.25) is 0 Å². The number of hydrogen-bond acceptors (Lipinski definition) is 1. The first-order valence-corrected chi connectivity index (χ1v) is 5.40. The molecule has 0 bridgehead atoms. The maximum Gasteiger partial charge on any atom is 0.0294 e. The van der Waals surface area contributed by atoms with E-state index < -0.39 is 0 Å². The fraction of sp³-hybridized carbons (Fsp3) is 0.357. The van der Waals surface area contributed by atoms with Gasteiger partial charge in [-0.1, -0.05) is 36.4 Å². The second-order valence-corrected chi connectivity index (χ2v) is 3.86.